The summed E-state index contributed by atoms with van der Waals surface area (Å²) in [6, 6.07) is 5.84. The Bertz CT molecular complexity index is 628. The van der Waals surface area contributed by atoms with Crippen molar-refractivity contribution in [3.8, 4) is 0 Å². The number of furan rings is 1. The first-order valence-corrected chi connectivity index (χ1v) is 7.05. The van der Waals surface area contributed by atoms with Crippen molar-refractivity contribution >= 4 is 23.0 Å². The molecule has 0 fully saturated rings. The quantitative estimate of drug-likeness (QED) is 0.843. The SMILES string of the molecule is CC(=O)N1N=C(c2ccc(C)o2)C[C@H]1c1ccsc1. The van der Waals surface area contributed by atoms with Crippen molar-refractivity contribution < 1.29 is 9.21 Å². The van der Waals surface area contributed by atoms with Crippen molar-refractivity contribution in [2.75, 3.05) is 0 Å². The van der Waals surface area contributed by atoms with E-state index < -0.39 is 0 Å². The first-order valence-electron chi connectivity index (χ1n) is 6.11. The highest BCUT2D eigenvalue weighted by atomic mass is 32.1. The van der Waals surface area contributed by atoms with Gasteiger partial charge in [0.05, 0.1) is 6.04 Å². The summed E-state index contributed by atoms with van der Waals surface area (Å²) in [5.41, 5.74) is 1.96. The highest BCUT2D eigenvalue weighted by Crippen LogP contribution is 2.33. The molecule has 0 saturated heterocycles. The van der Waals surface area contributed by atoms with Crippen molar-refractivity contribution in [3.63, 3.8) is 0 Å². The average molecular weight is 274 g/mol. The third kappa shape index (κ3) is 2.21. The molecule has 2 aromatic heterocycles. The van der Waals surface area contributed by atoms with Crippen molar-refractivity contribution in [2.24, 2.45) is 5.10 Å². The van der Waals surface area contributed by atoms with Gasteiger partial charge in [-0.2, -0.15) is 16.4 Å². The van der Waals surface area contributed by atoms with Crippen molar-refractivity contribution in [1.82, 2.24) is 5.01 Å². The maximum absolute atomic E-state index is 11.7. The Morgan fingerprint density at radius 2 is 2.32 bits per heavy atom. The van der Waals surface area contributed by atoms with Crippen molar-refractivity contribution in [1.29, 1.82) is 0 Å². The van der Waals surface area contributed by atoms with Crippen LogP contribution < -0.4 is 0 Å². The van der Waals surface area contributed by atoms with E-state index in [0.717, 1.165) is 22.8 Å². The number of carbonyl (C=O) groups is 1. The molecule has 1 aliphatic heterocycles. The van der Waals surface area contributed by atoms with E-state index in [1.807, 2.05) is 30.5 Å². The van der Waals surface area contributed by atoms with Gasteiger partial charge in [-0.15, -0.1) is 0 Å². The molecule has 19 heavy (non-hydrogen) atoms. The summed E-state index contributed by atoms with van der Waals surface area (Å²) in [6.07, 6.45) is 0.698. The topological polar surface area (TPSA) is 45.8 Å². The normalized spacial score (nSPS) is 18.7. The van der Waals surface area contributed by atoms with Crippen LogP contribution in [0.4, 0.5) is 0 Å². The molecule has 0 N–H and O–H groups in total. The molecule has 0 aromatic carbocycles. The number of amides is 1. The molecule has 3 rings (SSSR count). The molecule has 0 saturated carbocycles. The molecule has 5 heteroatoms. The molecule has 1 atom stereocenters. The number of thiophene rings is 1. The number of rotatable bonds is 2. The van der Waals surface area contributed by atoms with Gasteiger partial charge in [-0.3, -0.25) is 4.79 Å². The molecule has 0 unspecified atom stereocenters. The molecule has 0 spiro atoms. The second kappa shape index (κ2) is 4.66. The van der Waals surface area contributed by atoms with E-state index in [2.05, 4.69) is 10.5 Å². The van der Waals surface area contributed by atoms with E-state index in [1.165, 1.54) is 0 Å². The zero-order valence-electron chi connectivity index (χ0n) is 10.8. The van der Waals surface area contributed by atoms with Crippen LogP contribution in [0.25, 0.3) is 0 Å². The fourth-order valence-corrected chi connectivity index (χ4v) is 2.97. The molecule has 1 amide bonds. The monoisotopic (exact) mass is 274 g/mol. The predicted octanol–water partition coefficient (Wildman–Crippen LogP) is 3.35. The summed E-state index contributed by atoms with van der Waals surface area (Å²) in [7, 11) is 0. The van der Waals surface area contributed by atoms with Gasteiger partial charge >= 0.3 is 0 Å². The Hall–Kier alpha value is -1.88. The first-order chi connectivity index (χ1) is 9.15. The van der Waals surface area contributed by atoms with Crippen LogP contribution in [0.2, 0.25) is 0 Å². The maximum Gasteiger partial charge on any atom is 0.240 e. The molecule has 2 aromatic rings. The van der Waals surface area contributed by atoms with Gasteiger partial charge in [-0.25, -0.2) is 5.01 Å². The summed E-state index contributed by atoms with van der Waals surface area (Å²) in [5, 5.41) is 10.0. The predicted molar refractivity (Wildman–Crippen MR) is 74.2 cm³/mol. The van der Waals surface area contributed by atoms with E-state index in [0.29, 0.717) is 6.42 Å². The lowest BCUT2D eigenvalue weighted by Crippen LogP contribution is -2.23. The standard InChI is InChI=1S/C14H14N2O2S/c1-9-3-4-14(18-9)12-7-13(11-5-6-19-8-11)16(15-12)10(2)17/h3-6,8,13H,7H2,1-2H3/t13-/m0/s1. The Kier molecular flexibility index (Phi) is 2.98. The van der Waals surface area contributed by atoms with E-state index in [1.54, 1.807) is 23.3 Å². The fraction of sp³-hybridized carbons (Fsp3) is 0.286. The Morgan fingerprint density at radius 3 is 2.89 bits per heavy atom. The van der Waals surface area contributed by atoms with Crippen LogP contribution in [0.15, 0.2) is 38.5 Å². The minimum atomic E-state index is -0.0468. The van der Waals surface area contributed by atoms with Crippen LogP contribution in [-0.2, 0) is 4.79 Å². The van der Waals surface area contributed by atoms with Gasteiger partial charge in [0.25, 0.3) is 0 Å². The molecule has 4 nitrogen and oxygen atoms in total. The summed E-state index contributed by atoms with van der Waals surface area (Å²) in [4.78, 5) is 11.7. The third-order valence-electron chi connectivity index (χ3n) is 3.19. The summed E-state index contributed by atoms with van der Waals surface area (Å²) in [6.45, 7) is 3.44. The molecule has 0 radical (unpaired) electrons. The molecule has 1 aliphatic rings. The lowest BCUT2D eigenvalue weighted by atomic mass is 10.0. The van der Waals surface area contributed by atoms with Crippen LogP contribution >= 0.6 is 11.3 Å². The fourth-order valence-electron chi connectivity index (χ4n) is 2.26. The molecular formula is C14H14N2O2S. The zero-order chi connectivity index (χ0) is 13.4. The highest BCUT2D eigenvalue weighted by molar-refractivity contribution is 7.08. The first kappa shape index (κ1) is 12.2. The van der Waals surface area contributed by atoms with Crippen LogP contribution in [0, 0.1) is 6.92 Å². The number of hydrazone groups is 1. The molecular weight excluding hydrogens is 260 g/mol. The molecule has 98 valence electrons. The van der Waals surface area contributed by atoms with E-state index >= 15 is 0 Å². The minimum Gasteiger partial charge on any atom is -0.460 e. The van der Waals surface area contributed by atoms with Crippen LogP contribution in [0.3, 0.4) is 0 Å². The highest BCUT2D eigenvalue weighted by Gasteiger charge is 2.32. The largest absolute Gasteiger partial charge is 0.460 e. The van der Waals surface area contributed by atoms with Crippen LogP contribution in [0.1, 0.15) is 36.5 Å². The van der Waals surface area contributed by atoms with Gasteiger partial charge < -0.3 is 4.42 Å². The van der Waals surface area contributed by atoms with Crippen molar-refractivity contribution in [3.05, 3.63) is 46.0 Å². The van der Waals surface area contributed by atoms with Gasteiger partial charge in [0.15, 0.2) is 0 Å². The van der Waals surface area contributed by atoms with E-state index in [9.17, 15) is 4.79 Å². The van der Waals surface area contributed by atoms with Gasteiger partial charge in [-0.05, 0) is 41.4 Å². The van der Waals surface area contributed by atoms with Crippen molar-refractivity contribution in [2.45, 2.75) is 26.3 Å². The number of hydrogen-bond acceptors (Lipinski definition) is 4. The molecule has 0 bridgehead atoms. The number of carbonyl (C=O) groups excluding carboxylic acids is 1. The molecule has 3 heterocycles. The Labute approximate surface area is 115 Å². The average Bonchev–Trinajstić information content (AvgIpc) is 3.07. The van der Waals surface area contributed by atoms with E-state index in [4.69, 9.17) is 4.42 Å². The zero-order valence-corrected chi connectivity index (χ0v) is 11.6. The third-order valence-corrected chi connectivity index (χ3v) is 3.89. The second-order valence-electron chi connectivity index (χ2n) is 4.60. The smallest absolute Gasteiger partial charge is 0.240 e. The van der Waals surface area contributed by atoms with Gasteiger partial charge in [0.2, 0.25) is 5.91 Å². The number of nitrogens with zero attached hydrogens (tertiary/aromatic N) is 2. The summed E-state index contributed by atoms with van der Waals surface area (Å²) in [5.74, 6) is 1.56. The summed E-state index contributed by atoms with van der Waals surface area (Å²) < 4.78 is 5.60. The summed E-state index contributed by atoms with van der Waals surface area (Å²) >= 11 is 1.63. The van der Waals surface area contributed by atoms with Gasteiger partial charge in [-0.1, -0.05) is 0 Å². The minimum absolute atomic E-state index is 0.0100. The number of aryl methyl sites for hydroxylation is 1. The maximum atomic E-state index is 11.7. The van der Waals surface area contributed by atoms with Gasteiger partial charge in [0.1, 0.15) is 17.2 Å². The van der Waals surface area contributed by atoms with Crippen LogP contribution in [-0.4, -0.2) is 16.6 Å². The Balaban J connectivity index is 1.93. The second-order valence-corrected chi connectivity index (χ2v) is 5.38. The van der Waals surface area contributed by atoms with E-state index in [-0.39, 0.29) is 11.9 Å². The van der Waals surface area contributed by atoms with Crippen LogP contribution in [0.5, 0.6) is 0 Å². The lowest BCUT2D eigenvalue weighted by molar-refractivity contribution is -0.130. The molecule has 0 aliphatic carbocycles. The Morgan fingerprint density at radius 1 is 1.47 bits per heavy atom. The number of hydrogen-bond donors (Lipinski definition) is 0. The van der Waals surface area contributed by atoms with Gasteiger partial charge in [0, 0.05) is 13.3 Å². The lowest BCUT2D eigenvalue weighted by Gasteiger charge is -2.18.